The second kappa shape index (κ2) is 6.67. The van der Waals surface area contributed by atoms with E-state index in [9.17, 15) is 0 Å². The van der Waals surface area contributed by atoms with E-state index in [1.54, 1.807) is 18.2 Å². The van der Waals surface area contributed by atoms with Gasteiger partial charge >= 0.3 is 0 Å². The van der Waals surface area contributed by atoms with Crippen molar-refractivity contribution in [1.29, 1.82) is 5.26 Å². The standard InChI is InChI=1S/C17H19N3O/c1-3-12(2)21-16-6-4-5-15(10-16)20-17-8-7-14(19)9-13(17)11-18/h4-10,12,20H,3,19H2,1-2H3. The van der Waals surface area contributed by atoms with Gasteiger partial charge in [-0.25, -0.2) is 0 Å². The summed E-state index contributed by atoms with van der Waals surface area (Å²) in [5.41, 5.74) is 8.39. The monoisotopic (exact) mass is 281 g/mol. The Kier molecular flexibility index (Phi) is 4.68. The zero-order valence-corrected chi connectivity index (χ0v) is 12.3. The molecule has 4 nitrogen and oxygen atoms in total. The summed E-state index contributed by atoms with van der Waals surface area (Å²) in [6.07, 6.45) is 1.13. The van der Waals surface area contributed by atoms with Gasteiger partial charge in [-0.15, -0.1) is 0 Å². The van der Waals surface area contributed by atoms with Crippen molar-refractivity contribution in [3.8, 4) is 11.8 Å². The van der Waals surface area contributed by atoms with Gasteiger partial charge in [0.15, 0.2) is 0 Å². The van der Waals surface area contributed by atoms with E-state index in [2.05, 4.69) is 18.3 Å². The van der Waals surface area contributed by atoms with Gasteiger partial charge in [-0.05, 0) is 43.7 Å². The van der Waals surface area contributed by atoms with Crippen LogP contribution in [0, 0.1) is 11.3 Å². The Morgan fingerprint density at radius 1 is 1.29 bits per heavy atom. The molecule has 0 radical (unpaired) electrons. The number of anilines is 3. The third-order valence-corrected chi connectivity index (χ3v) is 3.19. The van der Waals surface area contributed by atoms with Crippen LogP contribution in [0.1, 0.15) is 25.8 Å². The van der Waals surface area contributed by atoms with Gasteiger partial charge in [-0.3, -0.25) is 0 Å². The SMILES string of the molecule is CCC(C)Oc1cccc(Nc2ccc(N)cc2C#N)c1. The topological polar surface area (TPSA) is 71.1 Å². The number of hydrogen-bond acceptors (Lipinski definition) is 4. The summed E-state index contributed by atoms with van der Waals surface area (Å²) in [6, 6.07) is 15.1. The highest BCUT2D eigenvalue weighted by atomic mass is 16.5. The average molecular weight is 281 g/mol. The van der Waals surface area contributed by atoms with Crippen molar-refractivity contribution in [3.05, 3.63) is 48.0 Å². The molecule has 0 bridgehead atoms. The summed E-state index contributed by atoms with van der Waals surface area (Å²) in [5.74, 6) is 0.809. The van der Waals surface area contributed by atoms with E-state index in [0.717, 1.165) is 23.5 Å². The molecule has 2 aromatic rings. The minimum absolute atomic E-state index is 0.173. The number of nitrogens with two attached hydrogens (primary N) is 1. The van der Waals surface area contributed by atoms with E-state index in [1.165, 1.54) is 0 Å². The minimum Gasteiger partial charge on any atom is -0.491 e. The van der Waals surface area contributed by atoms with Gasteiger partial charge < -0.3 is 15.8 Å². The van der Waals surface area contributed by atoms with E-state index in [1.807, 2.05) is 31.2 Å². The molecule has 0 aliphatic carbocycles. The number of benzene rings is 2. The number of nitrogens with one attached hydrogen (secondary N) is 1. The lowest BCUT2D eigenvalue weighted by Gasteiger charge is -2.14. The summed E-state index contributed by atoms with van der Waals surface area (Å²) in [5, 5.41) is 12.4. The molecule has 1 unspecified atom stereocenters. The van der Waals surface area contributed by atoms with Crippen LogP contribution in [-0.2, 0) is 0 Å². The normalized spacial score (nSPS) is 11.5. The molecule has 2 aromatic carbocycles. The molecule has 0 aromatic heterocycles. The van der Waals surface area contributed by atoms with Crippen LogP contribution in [0.4, 0.5) is 17.1 Å². The fourth-order valence-corrected chi connectivity index (χ4v) is 1.88. The van der Waals surface area contributed by atoms with Crippen molar-refractivity contribution in [2.24, 2.45) is 0 Å². The van der Waals surface area contributed by atoms with Crippen LogP contribution in [0.3, 0.4) is 0 Å². The highest BCUT2D eigenvalue weighted by Gasteiger charge is 2.05. The number of nitrogen functional groups attached to an aromatic ring is 1. The molecule has 108 valence electrons. The van der Waals surface area contributed by atoms with Crippen LogP contribution in [0.5, 0.6) is 5.75 Å². The summed E-state index contributed by atoms with van der Waals surface area (Å²) in [6.45, 7) is 4.12. The molecule has 0 amide bonds. The molecule has 0 heterocycles. The zero-order chi connectivity index (χ0) is 15.2. The molecule has 1 atom stereocenters. The first-order valence-electron chi connectivity index (χ1n) is 6.95. The second-order valence-electron chi connectivity index (χ2n) is 4.91. The Balaban J connectivity index is 2.20. The van der Waals surface area contributed by atoms with Gasteiger partial charge in [-0.1, -0.05) is 13.0 Å². The number of rotatable bonds is 5. The van der Waals surface area contributed by atoms with Crippen molar-refractivity contribution in [2.75, 3.05) is 11.1 Å². The van der Waals surface area contributed by atoms with Crippen LogP contribution < -0.4 is 15.8 Å². The molecule has 0 spiro atoms. The molecule has 0 saturated carbocycles. The smallest absolute Gasteiger partial charge is 0.121 e. The predicted molar refractivity (Wildman–Crippen MR) is 85.7 cm³/mol. The quantitative estimate of drug-likeness (QED) is 0.811. The van der Waals surface area contributed by atoms with Gasteiger partial charge in [0.25, 0.3) is 0 Å². The predicted octanol–water partition coefficient (Wildman–Crippen LogP) is 4.06. The summed E-state index contributed by atoms with van der Waals surface area (Å²) >= 11 is 0. The van der Waals surface area contributed by atoms with Crippen molar-refractivity contribution < 1.29 is 4.74 Å². The highest BCUT2D eigenvalue weighted by Crippen LogP contribution is 2.25. The molecule has 4 heteroatoms. The van der Waals surface area contributed by atoms with Gasteiger partial charge in [-0.2, -0.15) is 5.26 Å². The average Bonchev–Trinajstić information content (AvgIpc) is 2.49. The molecule has 0 fully saturated rings. The molecule has 0 aliphatic rings. The highest BCUT2D eigenvalue weighted by molar-refractivity contribution is 5.69. The second-order valence-corrected chi connectivity index (χ2v) is 4.91. The van der Waals surface area contributed by atoms with Gasteiger partial charge in [0.05, 0.1) is 17.4 Å². The Labute approximate surface area is 125 Å². The van der Waals surface area contributed by atoms with Crippen LogP contribution in [0.2, 0.25) is 0 Å². The molecule has 21 heavy (non-hydrogen) atoms. The van der Waals surface area contributed by atoms with E-state index in [-0.39, 0.29) is 6.10 Å². The Morgan fingerprint density at radius 3 is 2.81 bits per heavy atom. The van der Waals surface area contributed by atoms with Crippen molar-refractivity contribution >= 4 is 17.1 Å². The number of nitriles is 1. The lowest BCUT2D eigenvalue weighted by atomic mass is 10.1. The van der Waals surface area contributed by atoms with E-state index in [4.69, 9.17) is 15.7 Å². The zero-order valence-electron chi connectivity index (χ0n) is 12.3. The van der Waals surface area contributed by atoms with Gasteiger partial charge in [0, 0.05) is 17.4 Å². The van der Waals surface area contributed by atoms with Crippen molar-refractivity contribution in [1.82, 2.24) is 0 Å². The fourth-order valence-electron chi connectivity index (χ4n) is 1.88. The van der Waals surface area contributed by atoms with E-state index < -0.39 is 0 Å². The summed E-state index contributed by atoms with van der Waals surface area (Å²) in [7, 11) is 0. The third-order valence-electron chi connectivity index (χ3n) is 3.19. The number of nitrogens with zero attached hydrogens (tertiary/aromatic N) is 1. The van der Waals surface area contributed by atoms with Crippen LogP contribution >= 0.6 is 0 Å². The largest absolute Gasteiger partial charge is 0.491 e. The maximum atomic E-state index is 9.16. The Bertz CT molecular complexity index is 661. The third kappa shape index (κ3) is 3.90. The van der Waals surface area contributed by atoms with Crippen LogP contribution in [-0.4, -0.2) is 6.10 Å². The first-order chi connectivity index (χ1) is 10.1. The summed E-state index contributed by atoms with van der Waals surface area (Å²) in [4.78, 5) is 0. The van der Waals surface area contributed by atoms with Gasteiger partial charge in [0.1, 0.15) is 11.8 Å². The Morgan fingerprint density at radius 2 is 2.10 bits per heavy atom. The maximum Gasteiger partial charge on any atom is 0.121 e. The first-order valence-corrected chi connectivity index (χ1v) is 6.95. The lowest BCUT2D eigenvalue weighted by molar-refractivity contribution is 0.217. The van der Waals surface area contributed by atoms with Crippen LogP contribution in [0.15, 0.2) is 42.5 Å². The number of hydrogen-bond donors (Lipinski definition) is 2. The van der Waals surface area contributed by atoms with Crippen LogP contribution in [0.25, 0.3) is 0 Å². The molecular formula is C17H19N3O. The summed E-state index contributed by atoms with van der Waals surface area (Å²) < 4.78 is 5.79. The van der Waals surface area contributed by atoms with Crippen molar-refractivity contribution in [3.63, 3.8) is 0 Å². The maximum absolute atomic E-state index is 9.16. The molecular weight excluding hydrogens is 262 g/mol. The van der Waals surface area contributed by atoms with E-state index >= 15 is 0 Å². The first kappa shape index (κ1) is 14.7. The minimum atomic E-state index is 0.173. The fraction of sp³-hybridized carbons (Fsp3) is 0.235. The van der Waals surface area contributed by atoms with Gasteiger partial charge in [0.2, 0.25) is 0 Å². The van der Waals surface area contributed by atoms with Crippen molar-refractivity contribution in [2.45, 2.75) is 26.4 Å². The number of ether oxygens (including phenoxy) is 1. The lowest BCUT2D eigenvalue weighted by Crippen LogP contribution is -2.09. The van der Waals surface area contributed by atoms with E-state index in [0.29, 0.717) is 11.3 Å². The molecule has 0 saturated heterocycles. The Hall–Kier alpha value is -2.67. The molecule has 2 rings (SSSR count). The molecule has 3 N–H and O–H groups in total. The molecule has 0 aliphatic heterocycles.